The minimum Gasteiger partial charge on any atom is -0.346 e. The molecule has 0 atom stereocenters. The Kier molecular flexibility index (Phi) is 7.43. The Morgan fingerprint density at radius 1 is 1.03 bits per heavy atom. The van der Waals surface area contributed by atoms with Gasteiger partial charge in [-0.1, -0.05) is 42.5 Å². The van der Waals surface area contributed by atoms with Crippen LogP contribution in [0.15, 0.2) is 83.9 Å². The summed E-state index contributed by atoms with van der Waals surface area (Å²) in [6.45, 7) is 2.43. The highest BCUT2D eigenvalue weighted by Crippen LogP contribution is 2.27. The van der Waals surface area contributed by atoms with Crippen molar-refractivity contribution in [3.8, 4) is 11.1 Å². The summed E-state index contributed by atoms with van der Waals surface area (Å²) in [6, 6.07) is 18.4. The molecule has 4 nitrogen and oxygen atoms in total. The van der Waals surface area contributed by atoms with Gasteiger partial charge in [-0.05, 0) is 104 Å². The third-order valence-electron chi connectivity index (χ3n) is 5.50. The van der Waals surface area contributed by atoms with Gasteiger partial charge in [0.05, 0.1) is 12.2 Å². The molecule has 0 aliphatic heterocycles. The second kappa shape index (κ2) is 10.6. The molecule has 1 N–H and O–H groups in total. The van der Waals surface area contributed by atoms with Crippen molar-refractivity contribution in [1.29, 1.82) is 0 Å². The minimum absolute atomic E-state index is 0.0965. The lowest BCUT2D eigenvalue weighted by atomic mass is 9.96. The van der Waals surface area contributed by atoms with Crippen LogP contribution in [0.25, 0.3) is 16.7 Å². The molecule has 5 heteroatoms. The van der Waals surface area contributed by atoms with Gasteiger partial charge in [-0.3, -0.25) is 14.1 Å². The largest absolute Gasteiger partial charge is 0.346 e. The lowest BCUT2D eigenvalue weighted by molar-refractivity contribution is 0.0950. The molecule has 1 heterocycles. The molecule has 1 aromatic heterocycles. The van der Waals surface area contributed by atoms with Gasteiger partial charge in [0.2, 0.25) is 0 Å². The summed E-state index contributed by atoms with van der Waals surface area (Å²) in [4.78, 5) is 18.3. The van der Waals surface area contributed by atoms with Crippen molar-refractivity contribution < 1.29 is 4.79 Å². The maximum Gasteiger partial charge on any atom is 0.251 e. The number of amides is 1. The van der Waals surface area contributed by atoms with Crippen LogP contribution in [0.2, 0.25) is 0 Å². The van der Waals surface area contributed by atoms with Crippen LogP contribution in [0.5, 0.6) is 0 Å². The number of carbonyl (C=O) groups excluding carboxylic acids is 1. The van der Waals surface area contributed by atoms with E-state index in [1.807, 2.05) is 48.7 Å². The number of benzene rings is 2. The van der Waals surface area contributed by atoms with Crippen LogP contribution in [0.3, 0.4) is 0 Å². The lowest BCUT2D eigenvalue weighted by Crippen LogP contribution is -2.23. The summed E-state index contributed by atoms with van der Waals surface area (Å²) in [5.74, 6) is -0.0965. The maximum absolute atomic E-state index is 12.8. The molecule has 1 amide bonds. The standard InChI is InChI=1S/C28H29N3OS/c1-20-12-13-25(18-27(20)33-31(2)3)28(32)30-19-26-17-24(14-15-29-26)23-11-7-10-22(16-23)21-8-5-4-6-9-21/h5,7-18H,4,6,19H2,1-3H3,(H,30,32). The number of rotatable bonds is 7. The maximum atomic E-state index is 12.8. The summed E-state index contributed by atoms with van der Waals surface area (Å²) in [6.07, 6.45) is 10.7. The van der Waals surface area contributed by atoms with Gasteiger partial charge in [0.1, 0.15) is 0 Å². The van der Waals surface area contributed by atoms with Crippen LogP contribution >= 0.6 is 11.9 Å². The average Bonchev–Trinajstić information content (AvgIpc) is 2.84. The molecule has 33 heavy (non-hydrogen) atoms. The third-order valence-corrected chi connectivity index (χ3v) is 6.50. The number of nitrogens with one attached hydrogen (secondary N) is 1. The molecule has 0 spiro atoms. The number of carbonyl (C=O) groups is 1. The van der Waals surface area contributed by atoms with Crippen LogP contribution in [-0.2, 0) is 6.54 Å². The van der Waals surface area contributed by atoms with Gasteiger partial charge in [-0.2, -0.15) is 0 Å². The summed E-state index contributed by atoms with van der Waals surface area (Å²) in [5.41, 5.74) is 7.38. The van der Waals surface area contributed by atoms with Crippen LogP contribution in [0, 0.1) is 6.92 Å². The van der Waals surface area contributed by atoms with Crippen molar-refractivity contribution in [2.45, 2.75) is 31.2 Å². The zero-order chi connectivity index (χ0) is 23.2. The molecule has 3 aromatic rings. The van der Waals surface area contributed by atoms with E-state index in [0.29, 0.717) is 12.1 Å². The first kappa shape index (κ1) is 23.0. The number of hydrogen-bond acceptors (Lipinski definition) is 4. The van der Waals surface area contributed by atoms with Gasteiger partial charge in [0.15, 0.2) is 0 Å². The number of aryl methyl sites for hydroxylation is 1. The SMILES string of the molecule is Cc1ccc(C(=O)NCc2cc(-c3cccc(C4=CCCC=C4)c3)ccn2)cc1SN(C)C. The van der Waals surface area contributed by atoms with Gasteiger partial charge >= 0.3 is 0 Å². The van der Waals surface area contributed by atoms with E-state index >= 15 is 0 Å². The van der Waals surface area contributed by atoms with Crippen LogP contribution in [0.1, 0.15) is 40.0 Å². The quantitative estimate of drug-likeness (QED) is 0.425. The van der Waals surface area contributed by atoms with E-state index in [2.05, 4.69) is 59.7 Å². The normalized spacial score (nSPS) is 13.2. The van der Waals surface area contributed by atoms with Gasteiger partial charge in [-0.25, -0.2) is 0 Å². The Morgan fingerprint density at radius 2 is 1.85 bits per heavy atom. The summed E-state index contributed by atoms with van der Waals surface area (Å²) in [7, 11) is 3.99. The molecule has 1 aliphatic carbocycles. The van der Waals surface area contributed by atoms with Crippen molar-refractivity contribution in [2.75, 3.05) is 14.1 Å². The molecule has 0 unspecified atom stereocenters. The van der Waals surface area contributed by atoms with Crippen molar-refractivity contribution in [3.05, 3.63) is 101 Å². The topological polar surface area (TPSA) is 45.2 Å². The predicted molar refractivity (Wildman–Crippen MR) is 138 cm³/mol. The Bertz CT molecular complexity index is 1210. The molecule has 4 rings (SSSR count). The molecule has 2 aromatic carbocycles. The van der Waals surface area contributed by atoms with Gasteiger partial charge in [-0.15, -0.1) is 0 Å². The van der Waals surface area contributed by atoms with Crippen molar-refractivity contribution in [1.82, 2.24) is 14.6 Å². The van der Waals surface area contributed by atoms with Gasteiger partial charge < -0.3 is 5.32 Å². The Balaban J connectivity index is 1.47. The highest BCUT2D eigenvalue weighted by molar-refractivity contribution is 7.97. The van der Waals surface area contributed by atoms with Crippen molar-refractivity contribution in [2.24, 2.45) is 0 Å². The van der Waals surface area contributed by atoms with Crippen LogP contribution in [-0.4, -0.2) is 29.3 Å². The Labute approximate surface area is 200 Å². The minimum atomic E-state index is -0.0965. The van der Waals surface area contributed by atoms with E-state index in [4.69, 9.17) is 0 Å². The number of nitrogens with zero attached hydrogens (tertiary/aromatic N) is 2. The Morgan fingerprint density at radius 3 is 2.64 bits per heavy atom. The molecular weight excluding hydrogens is 426 g/mol. The third kappa shape index (κ3) is 6.01. The first-order valence-corrected chi connectivity index (χ1v) is 11.9. The monoisotopic (exact) mass is 455 g/mol. The smallest absolute Gasteiger partial charge is 0.251 e. The average molecular weight is 456 g/mol. The van der Waals surface area contributed by atoms with Crippen LogP contribution < -0.4 is 5.32 Å². The second-order valence-corrected chi connectivity index (χ2v) is 9.68. The zero-order valence-electron chi connectivity index (χ0n) is 19.3. The molecule has 0 fully saturated rings. The highest BCUT2D eigenvalue weighted by Gasteiger charge is 2.11. The fourth-order valence-electron chi connectivity index (χ4n) is 3.77. The highest BCUT2D eigenvalue weighted by atomic mass is 32.2. The number of allylic oxidation sites excluding steroid dienone is 4. The fourth-order valence-corrected chi connectivity index (χ4v) is 4.55. The fraction of sp³-hybridized carbons (Fsp3) is 0.214. The predicted octanol–water partition coefficient (Wildman–Crippen LogP) is 6.29. The van der Waals surface area contributed by atoms with Crippen molar-refractivity contribution in [3.63, 3.8) is 0 Å². The molecule has 0 bridgehead atoms. The first-order chi connectivity index (χ1) is 16.0. The lowest BCUT2D eigenvalue weighted by Gasteiger charge is -2.13. The molecule has 1 aliphatic rings. The number of pyridine rings is 1. The summed E-state index contributed by atoms with van der Waals surface area (Å²) in [5, 5.41) is 3.01. The number of aromatic nitrogens is 1. The molecule has 0 radical (unpaired) electrons. The molecule has 0 saturated carbocycles. The van der Waals surface area contributed by atoms with E-state index in [1.54, 1.807) is 18.1 Å². The van der Waals surface area contributed by atoms with Crippen LogP contribution in [0.4, 0.5) is 0 Å². The molecular formula is C28H29N3OS. The van der Waals surface area contributed by atoms with E-state index < -0.39 is 0 Å². The van der Waals surface area contributed by atoms with E-state index in [1.165, 1.54) is 11.1 Å². The van der Waals surface area contributed by atoms with E-state index in [-0.39, 0.29) is 5.91 Å². The zero-order valence-corrected chi connectivity index (χ0v) is 20.2. The first-order valence-electron chi connectivity index (χ1n) is 11.2. The Hall–Kier alpha value is -3.15. The molecule has 168 valence electrons. The van der Waals surface area contributed by atoms with Gasteiger partial charge in [0.25, 0.3) is 5.91 Å². The van der Waals surface area contributed by atoms with E-state index in [0.717, 1.165) is 40.1 Å². The second-order valence-electron chi connectivity index (χ2n) is 8.32. The number of hydrogen-bond donors (Lipinski definition) is 1. The molecule has 0 saturated heterocycles. The van der Waals surface area contributed by atoms with Crippen molar-refractivity contribution >= 4 is 23.4 Å². The van der Waals surface area contributed by atoms with Gasteiger partial charge in [0, 0.05) is 16.7 Å². The van der Waals surface area contributed by atoms with E-state index in [9.17, 15) is 4.79 Å². The summed E-state index contributed by atoms with van der Waals surface area (Å²) < 4.78 is 2.02. The summed E-state index contributed by atoms with van der Waals surface area (Å²) >= 11 is 1.61.